The van der Waals surface area contributed by atoms with Crippen molar-refractivity contribution >= 4 is 10.9 Å². The number of para-hydroxylation sites is 1. The van der Waals surface area contributed by atoms with E-state index < -0.39 is 5.60 Å². The van der Waals surface area contributed by atoms with Crippen LogP contribution in [0.1, 0.15) is 52.5 Å². The van der Waals surface area contributed by atoms with Gasteiger partial charge >= 0.3 is 0 Å². The molecule has 0 bridgehead atoms. The van der Waals surface area contributed by atoms with E-state index >= 15 is 0 Å². The van der Waals surface area contributed by atoms with Gasteiger partial charge < -0.3 is 15.0 Å². The van der Waals surface area contributed by atoms with Crippen molar-refractivity contribution in [1.82, 2.24) is 9.88 Å². The summed E-state index contributed by atoms with van der Waals surface area (Å²) < 4.78 is 0. The number of benzene rings is 1. The van der Waals surface area contributed by atoms with Crippen LogP contribution < -0.4 is 0 Å². The highest BCUT2D eigenvalue weighted by Crippen LogP contribution is 2.29. The topological polar surface area (TPSA) is 39.3 Å². The maximum atomic E-state index is 11.2. The highest BCUT2D eigenvalue weighted by molar-refractivity contribution is 5.83. The summed E-state index contributed by atoms with van der Waals surface area (Å²) in [5.74, 6) is 0.678. The lowest BCUT2D eigenvalue weighted by Gasteiger charge is -2.41. The summed E-state index contributed by atoms with van der Waals surface area (Å²) in [5.41, 5.74) is 1.82. The lowest BCUT2D eigenvalue weighted by molar-refractivity contribution is -0.0471. The third-order valence-corrected chi connectivity index (χ3v) is 5.52. The summed E-state index contributed by atoms with van der Waals surface area (Å²) in [6, 6.07) is 8.56. The van der Waals surface area contributed by atoms with Crippen molar-refractivity contribution < 1.29 is 5.11 Å². The molecular formula is C21H34N2O. The van der Waals surface area contributed by atoms with E-state index in [1.54, 1.807) is 0 Å². The Kier molecular flexibility index (Phi) is 6.47. The van der Waals surface area contributed by atoms with E-state index in [1.165, 1.54) is 16.5 Å². The number of aromatic amines is 1. The van der Waals surface area contributed by atoms with E-state index in [1.807, 2.05) is 0 Å². The standard InChI is InChI=1S/C21H34N2O/c1-6-21(24,7-2)20(23(5)13-12-16(3)4)14-17-15-22-19-11-9-8-10-18(17)19/h8-11,15-16,20,22,24H,6-7,12-14H2,1-5H3/t20-/m1/s1. The molecule has 0 radical (unpaired) electrons. The van der Waals surface area contributed by atoms with Crippen molar-refractivity contribution in [3.05, 3.63) is 36.0 Å². The molecule has 2 aromatic rings. The zero-order valence-corrected chi connectivity index (χ0v) is 16.0. The minimum absolute atomic E-state index is 0.130. The Hall–Kier alpha value is -1.32. The summed E-state index contributed by atoms with van der Waals surface area (Å²) in [4.78, 5) is 5.74. The Morgan fingerprint density at radius 2 is 1.83 bits per heavy atom. The van der Waals surface area contributed by atoms with E-state index in [0.29, 0.717) is 5.92 Å². The summed E-state index contributed by atoms with van der Waals surface area (Å²) >= 11 is 0. The third-order valence-electron chi connectivity index (χ3n) is 5.52. The molecule has 0 amide bonds. The Balaban J connectivity index is 2.28. The van der Waals surface area contributed by atoms with Crippen LogP contribution in [0.3, 0.4) is 0 Å². The molecule has 0 aliphatic carbocycles. The number of aliphatic hydroxyl groups is 1. The molecular weight excluding hydrogens is 296 g/mol. The molecule has 0 fully saturated rings. The van der Waals surface area contributed by atoms with Gasteiger partial charge in [-0.25, -0.2) is 0 Å². The van der Waals surface area contributed by atoms with Crippen molar-refractivity contribution in [2.45, 2.75) is 65.0 Å². The smallest absolute Gasteiger partial charge is 0.0800 e. The zero-order valence-electron chi connectivity index (χ0n) is 16.0. The molecule has 3 heteroatoms. The monoisotopic (exact) mass is 330 g/mol. The van der Waals surface area contributed by atoms with Gasteiger partial charge in [-0.2, -0.15) is 0 Å². The fraction of sp³-hybridized carbons (Fsp3) is 0.619. The molecule has 0 unspecified atom stereocenters. The fourth-order valence-corrected chi connectivity index (χ4v) is 3.60. The number of hydrogen-bond donors (Lipinski definition) is 2. The van der Waals surface area contributed by atoms with Crippen LogP contribution in [0, 0.1) is 5.92 Å². The number of nitrogens with zero attached hydrogens (tertiary/aromatic N) is 1. The highest BCUT2D eigenvalue weighted by Gasteiger charge is 2.36. The molecule has 0 saturated heterocycles. The van der Waals surface area contributed by atoms with Crippen LogP contribution in [0.25, 0.3) is 10.9 Å². The second-order valence-corrected chi connectivity index (χ2v) is 7.55. The van der Waals surface area contributed by atoms with Crippen molar-refractivity contribution in [2.24, 2.45) is 5.92 Å². The zero-order chi connectivity index (χ0) is 17.7. The first-order chi connectivity index (χ1) is 11.4. The van der Waals surface area contributed by atoms with Crippen LogP contribution in [0.4, 0.5) is 0 Å². The van der Waals surface area contributed by atoms with Crippen molar-refractivity contribution in [3.8, 4) is 0 Å². The van der Waals surface area contributed by atoms with Crippen molar-refractivity contribution in [2.75, 3.05) is 13.6 Å². The molecule has 1 atom stereocenters. The Morgan fingerprint density at radius 3 is 2.46 bits per heavy atom. The molecule has 24 heavy (non-hydrogen) atoms. The van der Waals surface area contributed by atoms with Crippen LogP contribution in [0.15, 0.2) is 30.5 Å². The van der Waals surface area contributed by atoms with Crippen molar-refractivity contribution in [3.63, 3.8) is 0 Å². The Labute approximate surface area is 147 Å². The first kappa shape index (κ1) is 19.0. The third kappa shape index (κ3) is 4.20. The number of aromatic nitrogens is 1. The minimum atomic E-state index is -0.649. The Morgan fingerprint density at radius 1 is 1.17 bits per heavy atom. The number of nitrogens with one attached hydrogen (secondary N) is 1. The first-order valence-corrected chi connectivity index (χ1v) is 9.38. The van der Waals surface area contributed by atoms with E-state index in [2.05, 4.69) is 75.1 Å². The number of hydrogen-bond acceptors (Lipinski definition) is 2. The number of likely N-dealkylation sites (N-methyl/N-ethyl adjacent to an activating group) is 1. The maximum Gasteiger partial charge on any atom is 0.0800 e. The van der Waals surface area contributed by atoms with Gasteiger partial charge in [0.25, 0.3) is 0 Å². The second-order valence-electron chi connectivity index (χ2n) is 7.55. The number of H-pyrrole nitrogens is 1. The fourth-order valence-electron chi connectivity index (χ4n) is 3.60. The van der Waals surface area contributed by atoms with E-state index in [-0.39, 0.29) is 6.04 Å². The predicted molar refractivity (Wildman–Crippen MR) is 103 cm³/mol. The quantitative estimate of drug-likeness (QED) is 0.705. The average Bonchev–Trinajstić information content (AvgIpc) is 3.00. The van der Waals surface area contributed by atoms with E-state index in [9.17, 15) is 5.11 Å². The molecule has 2 N–H and O–H groups in total. The van der Waals surface area contributed by atoms with Crippen LogP contribution in [-0.2, 0) is 6.42 Å². The van der Waals surface area contributed by atoms with Gasteiger partial charge in [0.2, 0.25) is 0 Å². The largest absolute Gasteiger partial charge is 0.388 e. The molecule has 2 rings (SSSR count). The summed E-state index contributed by atoms with van der Waals surface area (Å²) in [5, 5.41) is 12.5. The molecule has 0 spiro atoms. The van der Waals surface area contributed by atoms with E-state index in [0.717, 1.165) is 32.2 Å². The van der Waals surface area contributed by atoms with Crippen LogP contribution in [-0.4, -0.2) is 40.2 Å². The molecule has 3 nitrogen and oxygen atoms in total. The molecule has 1 aromatic carbocycles. The summed E-state index contributed by atoms with van der Waals surface area (Å²) in [6.45, 7) is 9.74. The van der Waals surface area contributed by atoms with E-state index in [4.69, 9.17) is 0 Å². The van der Waals surface area contributed by atoms with Crippen molar-refractivity contribution in [1.29, 1.82) is 0 Å². The lowest BCUT2D eigenvalue weighted by Crippen LogP contribution is -2.52. The van der Waals surface area contributed by atoms with Gasteiger partial charge in [-0.1, -0.05) is 45.9 Å². The molecule has 1 aromatic heterocycles. The summed E-state index contributed by atoms with van der Waals surface area (Å²) in [6.07, 6.45) is 5.70. The van der Waals surface area contributed by atoms with Gasteiger partial charge in [-0.15, -0.1) is 0 Å². The first-order valence-electron chi connectivity index (χ1n) is 9.38. The molecule has 134 valence electrons. The molecule has 1 heterocycles. The van der Waals surface area contributed by atoms with Crippen LogP contribution in [0.5, 0.6) is 0 Å². The predicted octanol–water partition coefficient (Wildman–Crippen LogP) is 4.61. The van der Waals surface area contributed by atoms with Gasteiger partial charge in [-0.05, 0) is 56.8 Å². The lowest BCUT2D eigenvalue weighted by atomic mass is 9.83. The maximum absolute atomic E-state index is 11.2. The summed E-state index contributed by atoms with van der Waals surface area (Å²) in [7, 11) is 2.16. The molecule has 0 aliphatic rings. The van der Waals surface area contributed by atoms with Gasteiger partial charge in [0, 0.05) is 23.1 Å². The van der Waals surface area contributed by atoms with Gasteiger partial charge in [0.1, 0.15) is 0 Å². The van der Waals surface area contributed by atoms with Gasteiger partial charge in [0.15, 0.2) is 0 Å². The average molecular weight is 331 g/mol. The minimum Gasteiger partial charge on any atom is -0.388 e. The van der Waals surface area contributed by atoms with Gasteiger partial charge in [0.05, 0.1) is 5.60 Å². The van der Waals surface area contributed by atoms with Gasteiger partial charge in [-0.3, -0.25) is 0 Å². The number of rotatable bonds is 9. The normalized spacial score (nSPS) is 14.0. The SMILES string of the molecule is CCC(O)(CC)[C@@H](Cc1c[nH]c2ccccc12)N(C)CCC(C)C. The highest BCUT2D eigenvalue weighted by atomic mass is 16.3. The molecule has 0 aliphatic heterocycles. The molecule has 0 saturated carbocycles. The number of fused-ring (bicyclic) bond motifs is 1. The Bertz CT molecular complexity index is 628. The van der Waals surface area contributed by atoms with Crippen LogP contribution in [0.2, 0.25) is 0 Å². The second kappa shape index (κ2) is 8.17. The van der Waals surface area contributed by atoms with Crippen LogP contribution >= 0.6 is 0 Å².